The SMILES string of the molecule is C=CCCc1ccccc1CC. The van der Waals surface area contributed by atoms with Crippen LogP contribution in [0.15, 0.2) is 36.9 Å². The quantitative estimate of drug-likeness (QED) is 0.592. The van der Waals surface area contributed by atoms with Crippen LogP contribution in [-0.2, 0) is 12.8 Å². The highest BCUT2D eigenvalue weighted by Gasteiger charge is 1.96. The first kappa shape index (κ1) is 9.05. The molecule has 0 radical (unpaired) electrons. The first-order chi connectivity index (χ1) is 5.88. The fraction of sp³-hybridized carbons (Fsp3) is 0.333. The maximum absolute atomic E-state index is 3.73. The standard InChI is InChI=1S/C12H16/c1-3-5-8-12-10-7-6-9-11(12)4-2/h3,6-7,9-10H,1,4-5,8H2,2H3. The average Bonchev–Trinajstić information content (AvgIpc) is 2.15. The minimum atomic E-state index is 1.08. The maximum Gasteiger partial charge on any atom is -0.0242 e. The largest absolute Gasteiger partial charge is 0.103 e. The van der Waals surface area contributed by atoms with Crippen molar-refractivity contribution in [2.45, 2.75) is 26.2 Å². The van der Waals surface area contributed by atoms with Gasteiger partial charge in [-0.05, 0) is 30.4 Å². The van der Waals surface area contributed by atoms with Crippen LogP contribution in [0.2, 0.25) is 0 Å². The van der Waals surface area contributed by atoms with Gasteiger partial charge in [-0.25, -0.2) is 0 Å². The first-order valence-corrected chi connectivity index (χ1v) is 4.56. The van der Waals surface area contributed by atoms with Crippen molar-refractivity contribution >= 4 is 0 Å². The van der Waals surface area contributed by atoms with Crippen LogP contribution in [0, 0.1) is 0 Å². The summed E-state index contributed by atoms with van der Waals surface area (Å²) in [5.74, 6) is 0. The summed E-state index contributed by atoms with van der Waals surface area (Å²) in [6, 6.07) is 8.63. The van der Waals surface area contributed by atoms with Crippen LogP contribution in [0.4, 0.5) is 0 Å². The maximum atomic E-state index is 3.73. The number of aryl methyl sites for hydroxylation is 2. The van der Waals surface area contributed by atoms with Gasteiger partial charge in [0.2, 0.25) is 0 Å². The van der Waals surface area contributed by atoms with Crippen molar-refractivity contribution in [1.29, 1.82) is 0 Å². The Morgan fingerprint density at radius 1 is 1.25 bits per heavy atom. The fourth-order valence-electron chi connectivity index (χ4n) is 1.40. The Kier molecular flexibility index (Phi) is 3.59. The van der Waals surface area contributed by atoms with Gasteiger partial charge in [-0.1, -0.05) is 37.3 Å². The lowest BCUT2D eigenvalue weighted by Gasteiger charge is -2.04. The van der Waals surface area contributed by atoms with E-state index >= 15 is 0 Å². The molecule has 1 rings (SSSR count). The summed E-state index contributed by atoms with van der Waals surface area (Å²) < 4.78 is 0. The van der Waals surface area contributed by atoms with Gasteiger partial charge in [-0.2, -0.15) is 0 Å². The summed E-state index contributed by atoms with van der Waals surface area (Å²) >= 11 is 0. The molecule has 0 atom stereocenters. The van der Waals surface area contributed by atoms with Crippen molar-refractivity contribution < 1.29 is 0 Å². The third kappa shape index (κ3) is 2.23. The molecule has 0 unspecified atom stereocenters. The molecule has 12 heavy (non-hydrogen) atoms. The lowest BCUT2D eigenvalue weighted by Crippen LogP contribution is -1.90. The van der Waals surface area contributed by atoms with Crippen LogP contribution < -0.4 is 0 Å². The van der Waals surface area contributed by atoms with E-state index in [0.717, 1.165) is 19.3 Å². The van der Waals surface area contributed by atoms with Gasteiger partial charge in [0.25, 0.3) is 0 Å². The number of rotatable bonds is 4. The Bertz CT molecular complexity index is 248. The third-order valence-corrected chi connectivity index (χ3v) is 2.12. The lowest BCUT2D eigenvalue weighted by atomic mass is 10.0. The molecule has 0 N–H and O–H groups in total. The van der Waals surface area contributed by atoms with Crippen molar-refractivity contribution in [3.63, 3.8) is 0 Å². The van der Waals surface area contributed by atoms with Gasteiger partial charge >= 0.3 is 0 Å². The molecule has 1 aromatic rings. The normalized spacial score (nSPS) is 9.75. The Hall–Kier alpha value is -1.04. The summed E-state index contributed by atoms with van der Waals surface area (Å²) in [7, 11) is 0. The van der Waals surface area contributed by atoms with Gasteiger partial charge in [0.05, 0.1) is 0 Å². The Morgan fingerprint density at radius 2 is 1.92 bits per heavy atom. The van der Waals surface area contributed by atoms with Crippen LogP contribution in [0.25, 0.3) is 0 Å². The molecule has 0 heteroatoms. The Morgan fingerprint density at radius 3 is 2.50 bits per heavy atom. The molecule has 0 spiro atoms. The van der Waals surface area contributed by atoms with E-state index in [4.69, 9.17) is 0 Å². The van der Waals surface area contributed by atoms with Crippen molar-refractivity contribution in [2.24, 2.45) is 0 Å². The molecular weight excluding hydrogens is 144 g/mol. The van der Waals surface area contributed by atoms with E-state index in [-0.39, 0.29) is 0 Å². The number of hydrogen-bond donors (Lipinski definition) is 0. The average molecular weight is 160 g/mol. The van der Waals surface area contributed by atoms with Gasteiger partial charge < -0.3 is 0 Å². The monoisotopic (exact) mass is 160 g/mol. The van der Waals surface area contributed by atoms with Crippen LogP contribution in [0.1, 0.15) is 24.5 Å². The molecule has 0 aliphatic rings. The molecule has 0 nitrogen and oxygen atoms in total. The van der Waals surface area contributed by atoms with Gasteiger partial charge in [0.1, 0.15) is 0 Å². The molecular formula is C12H16. The first-order valence-electron chi connectivity index (χ1n) is 4.56. The Balaban J connectivity index is 2.74. The third-order valence-electron chi connectivity index (χ3n) is 2.12. The molecule has 1 aromatic carbocycles. The molecule has 0 aromatic heterocycles. The zero-order valence-corrected chi connectivity index (χ0v) is 7.72. The molecule has 0 heterocycles. The van der Waals surface area contributed by atoms with Crippen molar-refractivity contribution in [3.8, 4) is 0 Å². The van der Waals surface area contributed by atoms with Crippen LogP contribution in [-0.4, -0.2) is 0 Å². The predicted molar refractivity (Wildman–Crippen MR) is 54.3 cm³/mol. The molecule has 0 bridgehead atoms. The van der Waals surface area contributed by atoms with Crippen LogP contribution >= 0.6 is 0 Å². The molecule has 0 saturated heterocycles. The molecule has 0 aliphatic carbocycles. The van der Waals surface area contributed by atoms with E-state index in [2.05, 4.69) is 37.8 Å². The van der Waals surface area contributed by atoms with Gasteiger partial charge in [-0.15, -0.1) is 6.58 Å². The summed E-state index contributed by atoms with van der Waals surface area (Å²) in [6.07, 6.45) is 5.32. The minimum absolute atomic E-state index is 1.08. The fourth-order valence-corrected chi connectivity index (χ4v) is 1.40. The highest BCUT2D eigenvalue weighted by Crippen LogP contribution is 2.11. The summed E-state index contributed by atoms with van der Waals surface area (Å²) in [5.41, 5.74) is 2.94. The molecule has 64 valence electrons. The summed E-state index contributed by atoms with van der Waals surface area (Å²) in [6.45, 7) is 5.93. The summed E-state index contributed by atoms with van der Waals surface area (Å²) in [4.78, 5) is 0. The van der Waals surface area contributed by atoms with Crippen molar-refractivity contribution in [2.75, 3.05) is 0 Å². The van der Waals surface area contributed by atoms with Gasteiger partial charge in [0, 0.05) is 0 Å². The lowest BCUT2D eigenvalue weighted by molar-refractivity contribution is 0.963. The minimum Gasteiger partial charge on any atom is -0.103 e. The van der Waals surface area contributed by atoms with Crippen LogP contribution in [0.5, 0.6) is 0 Å². The molecule has 0 fully saturated rings. The van der Waals surface area contributed by atoms with E-state index in [1.807, 2.05) is 6.08 Å². The van der Waals surface area contributed by atoms with E-state index in [9.17, 15) is 0 Å². The Labute approximate surface area is 74.9 Å². The van der Waals surface area contributed by atoms with Gasteiger partial charge in [-0.3, -0.25) is 0 Å². The smallest absolute Gasteiger partial charge is 0.0242 e. The number of benzene rings is 1. The van der Waals surface area contributed by atoms with Crippen molar-refractivity contribution in [3.05, 3.63) is 48.0 Å². The van der Waals surface area contributed by atoms with Crippen molar-refractivity contribution in [1.82, 2.24) is 0 Å². The van der Waals surface area contributed by atoms with E-state index in [0.29, 0.717) is 0 Å². The second-order valence-electron chi connectivity index (χ2n) is 2.95. The highest BCUT2D eigenvalue weighted by atomic mass is 14.0. The van der Waals surface area contributed by atoms with E-state index in [1.165, 1.54) is 11.1 Å². The van der Waals surface area contributed by atoms with Crippen LogP contribution in [0.3, 0.4) is 0 Å². The summed E-state index contributed by atoms with van der Waals surface area (Å²) in [5, 5.41) is 0. The van der Waals surface area contributed by atoms with E-state index < -0.39 is 0 Å². The zero-order valence-electron chi connectivity index (χ0n) is 7.72. The highest BCUT2D eigenvalue weighted by molar-refractivity contribution is 5.27. The second kappa shape index (κ2) is 4.76. The number of hydrogen-bond acceptors (Lipinski definition) is 0. The topological polar surface area (TPSA) is 0 Å². The predicted octanol–water partition coefficient (Wildman–Crippen LogP) is 3.37. The molecule has 0 amide bonds. The second-order valence-corrected chi connectivity index (χ2v) is 2.95. The molecule has 0 saturated carbocycles. The zero-order chi connectivity index (χ0) is 8.81. The number of allylic oxidation sites excluding steroid dienone is 1. The van der Waals surface area contributed by atoms with E-state index in [1.54, 1.807) is 0 Å². The molecule has 0 aliphatic heterocycles. The van der Waals surface area contributed by atoms with Gasteiger partial charge in [0.15, 0.2) is 0 Å².